The molecule has 0 fully saturated rings. The molecule has 2 rings (SSSR count). The first-order chi connectivity index (χ1) is 12.9. The predicted octanol–water partition coefficient (Wildman–Crippen LogP) is 1.49. The van der Waals surface area contributed by atoms with Gasteiger partial charge in [0.15, 0.2) is 5.13 Å². The monoisotopic (exact) mass is 413 g/mol. The van der Waals surface area contributed by atoms with Crippen LogP contribution >= 0.6 is 22.7 Å². The van der Waals surface area contributed by atoms with Gasteiger partial charge in [-0.1, -0.05) is 11.3 Å². The maximum atomic E-state index is 12.2. The van der Waals surface area contributed by atoms with E-state index in [4.69, 9.17) is 9.94 Å². The third-order valence-corrected chi connectivity index (χ3v) is 5.12. The average Bonchev–Trinajstić information content (AvgIpc) is 3.27. The van der Waals surface area contributed by atoms with Crippen LogP contribution in [0.5, 0.6) is 5.06 Å². The number of aromatic nitrogens is 2. The van der Waals surface area contributed by atoms with Gasteiger partial charge in [0.25, 0.3) is 0 Å². The number of aryl methyl sites for hydroxylation is 1. The van der Waals surface area contributed by atoms with Crippen molar-refractivity contribution in [3.8, 4) is 5.06 Å². The zero-order valence-electron chi connectivity index (χ0n) is 14.7. The lowest BCUT2D eigenvalue weighted by atomic mass is 10.3. The standard InChI is InChI=1S/C15H19N5O5S2/c1-9-13(27-8-17-9)25-15(23)20(2)14-18-10(7-26-14)6-12(22)16-5-3-4-11(21)19-24/h7-8,24H,3-6H2,1-2H3,(H,16,22)(H,19,21). The maximum absolute atomic E-state index is 12.2. The van der Waals surface area contributed by atoms with Gasteiger partial charge in [-0.25, -0.2) is 20.2 Å². The number of nitrogens with one attached hydrogen (secondary N) is 2. The zero-order chi connectivity index (χ0) is 19.8. The molecule has 2 heterocycles. The van der Waals surface area contributed by atoms with E-state index in [2.05, 4.69) is 15.3 Å². The Kier molecular flexibility index (Phi) is 7.64. The van der Waals surface area contributed by atoms with E-state index in [1.54, 1.807) is 17.8 Å². The van der Waals surface area contributed by atoms with Crippen molar-refractivity contribution in [3.05, 3.63) is 22.3 Å². The van der Waals surface area contributed by atoms with Crippen molar-refractivity contribution in [2.45, 2.75) is 26.2 Å². The Morgan fingerprint density at radius 2 is 2.07 bits per heavy atom. The van der Waals surface area contributed by atoms with Crippen LogP contribution in [-0.2, 0) is 16.0 Å². The summed E-state index contributed by atoms with van der Waals surface area (Å²) in [6, 6.07) is 0. The molecule has 3 N–H and O–H groups in total. The molecule has 2 aromatic rings. The summed E-state index contributed by atoms with van der Waals surface area (Å²) in [5.74, 6) is -0.751. The van der Waals surface area contributed by atoms with Crippen molar-refractivity contribution in [1.82, 2.24) is 20.8 Å². The Hall–Kier alpha value is -2.57. The van der Waals surface area contributed by atoms with E-state index in [1.807, 2.05) is 0 Å². The van der Waals surface area contributed by atoms with Gasteiger partial charge in [-0.15, -0.1) is 11.3 Å². The van der Waals surface area contributed by atoms with Crippen molar-refractivity contribution in [2.75, 3.05) is 18.5 Å². The predicted molar refractivity (Wildman–Crippen MR) is 99.3 cm³/mol. The lowest BCUT2D eigenvalue weighted by Crippen LogP contribution is -2.29. The van der Waals surface area contributed by atoms with Gasteiger partial charge < -0.3 is 10.1 Å². The summed E-state index contributed by atoms with van der Waals surface area (Å²) in [5.41, 5.74) is 4.27. The second-order valence-electron chi connectivity index (χ2n) is 5.44. The van der Waals surface area contributed by atoms with E-state index in [0.29, 0.717) is 34.5 Å². The number of amides is 3. The van der Waals surface area contributed by atoms with Gasteiger partial charge in [0, 0.05) is 25.4 Å². The number of thiazole rings is 2. The van der Waals surface area contributed by atoms with Crippen LogP contribution in [0.1, 0.15) is 24.2 Å². The maximum Gasteiger partial charge on any atom is 0.422 e. The van der Waals surface area contributed by atoms with Crippen LogP contribution in [0.3, 0.4) is 0 Å². The topological polar surface area (TPSA) is 134 Å². The molecule has 0 radical (unpaired) electrons. The highest BCUT2D eigenvalue weighted by Gasteiger charge is 2.19. The second kappa shape index (κ2) is 9.94. The van der Waals surface area contributed by atoms with Crippen LogP contribution in [0, 0.1) is 6.92 Å². The van der Waals surface area contributed by atoms with Crippen molar-refractivity contribution < 1.29 is 24.3 Å². The number of carbonyl (C=O) groups excluding carboxylic acids is 3. The summed E-state index contributed by atoms with van der Waals surface area (Å²) in [6.07, 6.45) is -0.00939. The van der Waals surface area contributed by atoms with Crippen molar-refractivity contribution in [2.24, 2.45) is 0 Å². The minimum atomic E-state index is -0.588. The fraction of sp³-hybridized carbons (Fsp3) is 0.400. The Morgan fingerprint density at radius 1 is 1.30 bits per heavy atom. The van der Waals surface area contributed by atoms with E-state index in [-0.39, 0.29) is 18.7 Å². The average molecular weight is 413 g/mol. The third kappa shape index (κ3) is 6.27. The molecule has 12 heteroatoms. The number of ether oxygens (including phenoxy) is 1. The van der Waals surface area contributed by atoms with Gasteiger partial charge in [-0.2, -0.15) is 0 Å². The van der Waals surface area contributed by atoms with Crippen LogP contribution in [0.4, 0.5) is 9.93 Å². The number of carbonyl (C=O) groups is 3. The van der Waals surface area contributed by atoms with Crippen LogP contribution in [-0.4, -0.2) is 46.7 Å². The van der Waals surface area contributed by atoms with E-state index in [1.165, 1.54) is 40.1 Å². The summed E-state index contributed by atoms with van der Waals surface area (Å²) in [4.78, 5) is 44.5. The fourth-order valence-electron chi connectivity index (χ4n) is 1.91. The number of anilines is 1. The molecular weight excluding hydrogens is 394 g/mol. The number of hydrogen-bond acceptors (Lipinski definition) is 9. The van der Waals surface area contributed by atoms with Gasteiger partial charge in [-0.3, -0.25) is 19.7 Å². The van der Waals surface area contributed by atoms with Crippen molar-refractivity contribution >= 4 is 45.7 Å². The largest absolute Gasteiger partial charge is 0.422 e. The summed E-state index contributed by atoms with van der Waals surface area (Å²) in [7, 11) is 1.54. The molecular formula is C15H19N5O5S2. The molecule has 0 aliphatic heterocycles. The highest BCUT2D eigenvalue weighted by Crippen LogP contribution is 2.25. The molecule has 10 nitrogen and oxygen atoms in total. The molecule has 0 spiro atoms. The lowest BCUT2D eigenvalue weighted by molar-refractivity contribution is -0.129. The molecule has 0 aliphatic rings. The number of hydrogen-bond donors (Lipinski definition) is 3. The zero-order valence-corrected chi connectivity index (χ0v) is 16.4. The Balaban J connectivity index is 1.81. The first-order valence-corrected chi connectivity index (χ1v) is 9.66. The SMILES string of the molecule is Cc1ncsc1OC(=O)N(C)c1nc(CC(=O)NCCCC(=O)NO)cs1. The van der Waals surface area contributed by atoms with Crippen molar-refractivity contribution in [3.63, 3.8) is 0 Å². The summed E-state index contributed by atoms with van der Waals surface area (Å²) < 4.78 is 5.27. The van der Waals surface area contributed by atoms with Crippen LogP contribution in [0.25, 0.3) is 0 Å². The molecule has 0 aliphatic carbocycles. The fourth-order valence-corrected chi connectivity index (χ4v) is 3.34. The Labute approximate surface area is 163 Å². The lowest BCUT2D eigenvalue weighted by Gasteiger charge is -2.12. The van der Waals surface area contributed by atoms with E-state index in [0.717, 1.165) is 0 Å². The first-order valence-electron chi connectivity index (χ1n) is 7.90. The van der Waals surface area contributed by atoms with Crippen LogP contribution < -0.4 is 20.4 Å². The molecule has 0 atom stereocenters. The molecule has 0 saturated heterocycles. The molecule has 3 amide bonds. The van der Waals surface area contributed by atoms with Gasteiger partial charge >= 0.3 is 6.09 Å². The number of hydroxylamine groups is 1. The van der Waals surface area contributed by atoms with Crippen molar-refractivity contribution in [1.29, 1.82) is 0 Å². The summed E-state index contributed by atoms with van der Waals surface area (Å²) in [5, 5.41) is 13.6. The summed E-state index contributed by atoms with van der Waals surface area (Å²) in [6.45, 7) is 2.05. The van der Waals surface area contributed by atoms with E-state index >= 15 is 0 Å². The number of rotatable bonds is 8. The van der Waals surface area contributed by atoms with Gasteiger partial charge in [0.2, 0.25) is 16.9 Å². The van der Waals surface area contributed by atoms with Gasteiger partial charge in [0.05, 0.1) is 23.3 Å². The molecule has 2 aromatic heterocycles. The summed E-state index contributed by atoms with van der Waals surface area (Å²) >= 11 is 2.45. The first kappa shape index (κ1) is 20.7. The van der Waals surface area contributed by atoms with Gasteiger partial charge in [0.1, 0.15) is 0 Å². The normalized spacial score (nSPS) is 10.3. The molecule has 0 bridgehead atoms. The van der Waals surface area contributed by atoms with E-state index < -0.39 is 12.0 Å². The minimum absolute atomic E-state index is 0.0551. The molecule has 146 valence electrons. The molecule has 0 aromatic carbocycles. The Morgan fingerprint density at radius 3 is 2.74 bits per heavy atom. The molecule has 0 unspecified atom stereocenters. The molecule has 0 saturated carbocycles. The highest BCUT2D eigenvalue weighted by atomic mass is 32.1. The van der Waals surface area contributed by atoms with E-state index in [9.17, 15) is 14.4 Å². The highest BCUT2D eigenvalue weighted by molar-refractivity contribution is 7.14. The van der Waals surface area contributed by atoms with Gasteiger partial charge in [-0.05, 0) is 13.3 Å². The molecule has 27 heavy (non-hydrogen) atoms. The Bertz CT molecular complexity index is 806. The van der Waals surface area contributed by atoms with Crippen LogP contribution in [0.2, 0.25) is 0 Å². The quantitative estimate of drug-likeness (QED) is 0.339. The second-order valence-corrected chi connectivity index (χ2v) is 7.09. The van der Waals surface area contributed by atoms with Crippen LogP contribution in [0.15, 0.2) is 10.9 Å². The minimum Gasteiger partial charge on any atom is -0.397 e. The number of nitrogens with zero attached hydrogens (tertiary/aromatic N) is 3. The third-order valence-electron chi connectivity index (χ3n) is 3.35. The smallest absolute Gasteiger partial charge is 0.397 e.